The smallest absolute Gasteiger partial charge is 0.0510 e. The van der Waals surface area contributed by atoms with Gasteiger partial charge in [0, 0.05) is 17.6 Å². The monoisotopic (exact) mass is 336 g/mol. The molecule has 1 aliphatic carbocycles. The lowest BCUT2D eigenvalue weighted by Crippen LogP contribution is -2.39. The summed E-state index contributed by atoms with van der Waals surface area (Å²) in [4.78, 5) is 2.56. The summed E-state index contributed by atoms with van der Waals surface area (Å²) < 4.78 is 1.23. The Labute approximate surface area is 130 Å². The fraction of sp³-hybridized carbons (Fsp3) is 0.647. The third-order valence-corrected chi connectivity index (χ3v) is 5.91. The molecule has 20 heavy (non-hydrogen) atoms. The predicted octanol–water partition coefficient (Wildman–Crippen LogP) is 4.11. The van der Waals surface area contributed by atoms with Crippen molar-refractivity contribution in [1.29, 1.82) is 0 Å². The minimum atomic E-state index is 0.697. The van der Waals surface area contributed by atoms with Gasteiger partial charge in [0.05, 0.1) is 5.69 Å². The molecular formula is C17H25BrN2. The summed E-state index contributed by atoms with van der Waals surface area (Å²) in [5.74, 6) is 0. The highest BCUT2D eigenvalue weighted by molar-refractivity contribution is 9.10. The van der Waals surface area contributed by atoms with E-state index in [1.54, 1.807) is 0 Å². The van der Waals surface area contributed by atoms with Crippen LogP contribution in [0.2, 0.25) is 0 Å². The molecule has 1 aromatic rings. The van der Waals surface area contributed by atoms with Gasteiger partial charge in [-0.15, -0.1) is 0 Å². The third-order valence-electron chi connectivity index (χ3n) is 5.27. The zero-order valence-electron chi connectivity index (χ0n) is 12.2. The number of nitrogens with zero attached hydrogens (tertiary/aromatic N) is 1. The second-order valence-corrected chi connectivity index (χ2v) is 7.37. The van der Waals surface area contributed by atoms with Gasteiger partial charge in [-0.3, -0.25) is 0 Å². The van der Waals surface area contributed by atoms with Crippen LogP contribution in [0.3, 0.4) is 0 Å². The maximum absolute atomic E-state index is 5.63. The van der Waals surface area contributed by atoms with E-state index >= 15 is 0 Å². The van der Waals surface area contributed by atoms with E-state index in [1.165, 1.54) is 67.3 Å². The van der Waals surface area contributed by atoms with Crippen molar-refractivity contribution in [2.75, 3.05) is 24.5 Å². The first-order chi connectivity index (χ1) is 9.72. The highest BCUT2D eigenvalue weighted by atomic mass is 79.9. The van der Waals surface area contributed by atoms with E-state index in [0.29, 0.717) is 5.41 Å². The molecule has 1 heterocycles. The van der Waals surface area contributed by atoms with Crippen molar-refractivity contribution < 1.29 is 0 Å². The van der Waals surface area contributed by atoms with E-state index in [-0.39, 0.29) is 0 Å². The number of rotatable bonds is 3. The van der Waals surface area contributed by atoms with Crippen LogP contribution in [0.15, 0.2) is 22.7 Å². The summed E-state index contributed by atoms with van der Waals surface area (Å²) in [7, 11) is 0. The summed E-state index contributed by atoms with van der Waals surface area (Å²) in [5.41, 5.74) is 9.02. The van der Waals surface area contributed by atoms with Gasteiger partial charge in [-0.2, -0.15) is 0 Å². The SMILES string of the molecule is NCCc1ccc(N2CCC3(CCCC3)CC2)c(Br)c1. The zero-order chi connectivity index (χ0) is 14.0. The number of nitrogens with two attached hydrogens (primary N) is 1. The average molecular weight is 337 g/mol. The van der Waals surface area contributed by atoms with E-state index in [0.717, 1.165) is 13.0 Å². The molecule has 0 radical (unpaired) electrons. The molecule has 1 saturated carbocycles. The van der Waals surface area contributed by atoms with Gasteiger partial charge < -0.3 is 10.6 Å². The number of hydrogen-bond donors (Lipinski definition) is 1. The van der Waals surface area contributed by atoms with Crippen molar-refractivity contribution in [1.82, 2.24) is 0 Å². The van der Waals surface area contributed by atoms with E-state index < -0.39 is 0 Å². The summed E-state index contributed by atoms with van der Waals surface area (Å²) in [6, 6.07) is 6.73. The fourth-order valence-electron chi connectivity index (χ4n) is 3.98. The Bertz CT molecular complexity index is 456. The zero-order valence-corrected chi connectivity index (χ0v) is 13.8. The quantitative estimate of drug-likeness (QED) is 0.899. The lowest BCUT2D eigenvalue weighted by atomic mass is 9.77. The lowest BCUT2D eigenvalue weighted by Gasteiger charge is -2.40. The fourth-order valence-corrected chi connectivity index (χ4v) is 4.65. The summed E-state index contributed by atoms with van der Waals surface area (Å²) in [6.07, 6.45) is 9.57. The molecule has 3 heteroatoms. The van der Waals surface area contributed by atoms with Crippen LogP contribution in [0.1, 0.15) is 44.1 Å². The molecule has 2 N–H and O–H groups in total. The Balaban J connectivity index is 1.68. The highest BCUT2D eigenvalue weighted by Gasteiger charge is 2.37. The Hall–Kier alpha value is -0.540. The van der Waals surface area contributed by atoms with Crippen LogP contribution < -0.4 is 10.6 Å². The van der Waals surface area contributed by atoms with Gasteiger partial charge >= 0.3 is 0 Å². The summed E-state index contributed by atoms with van der Waals surface area (Å²) in [6.45, 7) is 3.15. The molecule has 2 aliphatic rings. The highest BCUT2D eigenvalue weighted by Crippen LogP contribution is 2.47. The van der Waals surface area contributed by atoms with Gasteiger partial charge in [0.15, 0.2) is 0 Å². The van der Waals surface area contributed by atoms with Gasteiger partial charge in [-0.1, -0.05) is 18.9 Å². The van der Waals surface area contributed by atoms with Crippen LogP contribution in [0.25, 0.3) is 0 Å². The maximum atomic E-state index is 5.63. The minimum absolute atomic E-state index is 0.697. The molecule has 1 aliphatic heterocycles. The van der Waals surface area contributed by atoms with Crippen molar-refractivity contribution in [3.63, 3.8) is 0 Å². The van der Waals surface area contributed by atoms with Crippen LogP contribution in [-0.4, -0.2) is 19.6 Å². The van der Waals surface area contributed by atoms with Crippen LogP contribution in [0.5, 0.6) is 0 Å². The molecule has 1 spiro atoms. The van der Waals surface area contributed by atoms with E-state index in [2.05, 4.69) is 39.0 Å². The van der Waals surface area contributed by atoms with E-state index in [4.69, 9.17) is 5.73 Å². The van der Waals surface area contributed by atoms with Gasteiger partial charge in [-0.05, 0) is 77.7 Å². The molecule has 2 nitrogen and oxygen atoms in total. The van der Waals surface area contributed by atoms with Crippen LogP contribution in [0.4, 0.5) is 5.69 Å². The third kappa shape index (κ3) is 2.89. The molecule has 0 bridgehead atoms. The summed E-state index contributed by atoms with van der Waals surface area (Å²) >= 11 is 3.75. The first kappa shape index (κ1) is 14.4. The lowest BCUT2D eigenvalue weighted by molar-refractivity contribution is 0.226. The number of piperidine rings is 1. The Kier molecular flexibility index (Phi) is 4.37. The largest absolute Gasteiger partial charge is 0.371 e. The first-order valence-electron chi connectivity index (χ1n) is 7.96. The minimum Gasteiger partial charge on any atom is -0.371 e. The predicted molar refractivity (Wildman–Crippen MR) is 89.2 cm³/mol. The van der Waals surface area contributed by atoms with Crippen molar-refractivity contribution in [3.05, 3.63) is 28.2 Å². The number of anilines is 1. The molecule has 0 amide bonds. The maximum Gasteiger partial charge on any atom is 0.0510 e. The molecule has 110 valence electrons. The van der Waals surface area contributed by atoms with Crippen LogP contribution >= 0.6 is 15.9 Å². The van der Waals surface area contributed by atoms with Crippen molar-refractivity contribution in [2.45, 2.75) is 44.9 Å². The Morgan fingerprint density at radius 1 is 1.10 bits per heavy atom. The van der Waals surface area contributed by atoms with Crippen LogP contribution in [-0.2, 0) is 6.42 Å². The molecule has 3 rings (SSSR count). The number of hydrogen-bond acceptors (Lipinski definition) is 2. The molecule has 1 saturated heterocycles. The summed E-state index contributed by atoms with van der Waals surface area (Å²) in [5, 5.41) is 0. The number of benzene rings is 1. The molecule has 0 atom stereocenters. The van der Waals surface area contributed by atoms with Crippen molar-refractivity contribution in [2.24, 2.45) is 11.1 Å². The molecule has 0 aromatic heterocycles. The van der Waals surface area contributed by atoms with Crippen molar-refractivity contribution in [3.8, 4) is 0 Å². The second-order valence-electron chi connectivity index (χ2n) is 6.52. The molecule has 1 aromatic carbocycles. The second kappa shape index (κ2) is 6.07. The van der Waals surface area contributed by atoms with E-state index in [9.17, 15) is 0 Å². The topological polar surface area (TPSA) is 29.3 Å². The van der Waals surface area contributed by atoms with Gasteiger partial charge in [-0.25, -0.2) is 0 Å². The Morgan fingerprint density at radius 3 is 2.40 bits per heavy atom. The molecule has 2 fully saturated rings. The van der Waals surface area contributed by atoms with Crippen molar-refractivity contribution >= 4 is 21.6 Å². The molecule has 0 unspecified atom stereocenters. The van der Waals surface area contributed by atoms with Crippen LogP contribution in [0, 0.1) is 5.41 Å². The Morgan fingerprint density at radius 2 is 1.80 bits per heavy atom. The average Bonchev–Trinajstić information content (AvgIpc) is 2.89. The normalized spacial score (nSPS) is 21.6. The number of halogens is 1. The van der Waals surface area contributed by atoms with Gasteiger partial charge in [0.25, 0.3) is 0 Å². The standard InChI is InChI=1S/C17H25BrN2/c18-15-13-14(5-10-19)3-4-16(15)20-11-8-17(9-12-20)6-1-2-7-17/h3-4,13H,1-2,5-12,19H2. The van der Waals surface area contributed by atoms with Gasteiger partial charge in [0.2, 0.25) is 0 Å². The first-order valence-corrected chi connectivity index (χ1v) is 8.75. The van der Waals surface area contributed by atoms with Gasteiger partial charge in [0.1, 0.15) is 0 Å². The molecular weight excluding hydrogens is 312 g/mol. The van der Waals surface area contributed by atoms with E-state index in [1.807, 2.05) is 0 Å².